The van der Waals surface area contributed by atoms with Crippen molar-refractivity contribution < 1.29 is 44.6 Å². The number of hydrogen-bond acceptors (Lipinski definition) is 7. The number of methoxy groups -OCH3 is 1. The molecule has 7 nitrogen and oxygen atoms in total. The maximum Gasteiger partial charge on any atom is 0.430 e. The summed E-state index contributed by atoms with van der Waals surface area (Å²) in [6.45, 7) is 0.290. The smallest absolute Gasteiger partial charge is 0.384 e. The first-order valence-corrected chi connectivity index (χ1v) is 12.7. The fourth-order valence-electron chi connectivity index (χ4n) is 4.67. The van der Waals surface area contributed by atoms with Gasteiger partial charge in [-0.1, -0.05) is 30.3 Å². The fourth-order valence-corrected chi connectivity index (χ4v) is 5.89. The van der Waals surface area contributed by atoms with Crippen LogP contribution in [0.4, 0.5) is 26.3 Å². The molecule has 1 heterocycles. The summed E-state index contributed by atoms with van der Waals surface area (Å²) in [5.41, 5.74) is -0.0429. The summed E-state index contributed by atoms with van der Waals surface area (Å²) in [6.07, 6.45) is -12.0. The molecule has 206 valence electrons. The van der Waals surface area contributed by atoms with Gasteiger partial charge in [0.2, 0.25) is 0 Å². The summed E-state index contributed by atoms with van der Waals surface area (Å²) in [5, 5.41) is 12.7. The normalized spacial score (nSPS) is 19.3. The third-order valence-electron chi connectivity index (χ3n) is 6.58. The first-order chi connectivity index (χ1) is 17.1. The first kappa shape index (κ1) is 29.3. The molecule has 1 aliphatic heterocycles. The zero-order chi connectivity index (χ0) is 27.9. The van der Waals surface area contributed by atoms with Gasteiger partial charge in [0.15, 0.2) is 9.84 Å². The minimum absolute atomic E-state index is 0.00736. The van der Waals surface area contributed by atoms with Gasteiger partial charge in [0, 0.05) is 32.4 Å². The van der Waals surface area contributed by atoms with E-state index < -0.39 is 38.9 Å². The molecule has 0 spiro atoms. The van der Waals surface area contributed by atoms with Crippen molar-refractivity contribution in [2.75, 3.05) is 39.7 Å². The van der Waals surface area contributed by atoms with Crippen LogP contribution in [0.25, 0.3) is 0 Å². The first-order valence-electron chi connectivity index (χ1n) is 11.0. The summed E-state index contributed by atoms with van der Waals surface area (Å²) in [5.74, 6) is -0.243. The summed E-state index contributed by atoms with van der Waals surface area (Å²) in [6, 6.07) is 7.70. The van der Waals surface area contributed by atoms with Crippen molar-refractivity contribution in [3.63, 3.8) is 0 Å². The Kier molecular flexibility index (Phi) is 8.05. The van der Waals surface area contributed by atoms with Crippen LogP contribution in [0.15, 0.2) is 47.4 Å². The molecule has 0 fully saturated rings. The molecule has 1 atom stereocenters. The van der Waals surface area contributed by atoms with Crippen LogP contribution in [0.1, 0.15) is 22.3 Å². The van der Waals surface area contributed by atoms with E-state index in [1.165, 1.54) is 19.2 Å². The van der Waals surface area contributed by atoms with Gasteiger partial charge in [-0.25, -0.2) is 8.42 Å². The van der Waals surface area contributed by atoms with E-state index in [0.717, 1.165) is 12.1 Å². The highest BCUT2D eigenvalue weighted by Gasteiger charge is 2.71. The fraction of sp³-hybridized carbons (Fsp3) is 0.478. The number of nitrogens with zero attached hydrogens (tertiary/aromatic N) is 1. The molecule has 0 radical (unpaired) electrons. The Balaban J connectivity index is 2.14. The average Bonchev–Trinajstić information content (AvgIpc) is 3.14. The highest BCUT2D eigenvalue weighted by molar-refractivity contribution is 7.91. The topological polar surface area (TPSA) is 105 Å². The van der Waals surface area contributed by atoms with Crippen molar-refractivity contribution in [2.45, 2.75) is 34.9 Å². The van der Waals surface area contributed by atoms with Gasteiger partial charge in [-0.3, -0.25) is 4.90 Å². The molecule has 0 aliphatic carbocycles. The molecule has 14 heteroatoms. The zero-order valence-corrected chi connectivity index (χ0v) is 20.8. The number of aliphatic hydroxyl groups is 1. The molecule has 1 aliphatic rings. The average molecular weight is 556 g/mol. The molecule has 0 amide bonds. The van der Waals surface area contributed by atoms with E-state index in [-0.39, 0.29) is 42.6 Å². The van der Waals surface area contributed by atoms with Crippen molar-refractivity contribution in [1.29, 1.82) is 0 Å². The molecule has 0 aromatic heterocycles. The molecule has 0 saturated carbocycles. The molecular weight excluding hydrogens is 528 g/mol. The van der Waals surface area contributed by atoms with Crippen LogP contribution in [0.2, 0.25) is 0 Å². The molecule has 2 aromatic carbocycles. The van der Waals surface area contributed by atoms with Crippen LogP contribution in [-0.4, -0.2) is 70.5 Å². The van der Waals surface area contributed by atoms with Crippen molar-refractivity contribution in [2.24, 2.45) is 5.73 Å². The van der Waals surface area contributed by atoms with Crippen LogP contribution in [0, 0.1) is 0 Å². The molecule has 3 rings (SSSR count). The van der Waals surface area contributed by atoms with Gasteiger partial charge >= 0.3 is 12.4 Å². The van der Waals surface area contributed by atoms with Gasteiger partial charge in [-0.2, -0.15) is 26.3 Å². The van der Waals surface area contributed by atoms with Crippen molar-refractivity contribution >= 4 is 9.84 Å². The molecule has 0 saturated heterocycles. The van der Waals surface area contributed by atoms with Crippen LogP contribution >= 0.6 is 0 Å². The van der Waals surface area contributed by atoms with E-state index in [0.29, 0.717) is 23.3 Å². The molecule has 0 bridgehead atoms. The highest BCUT2D eigenvalue weighted by atomic mass is 32.2. The lowest BCUT2D eigenvalue weighted by Gasteiger charge is -2.39. The zero-order valence-electron chi connectivity index (χ0n) is 19.9. The Morgan fingerprint density at radius 3 is 2.16 bits per heavy atom. The third kappa shape index (κ3) is 4.86. The number of benzene rings is 2. The largest absolute Gasteiger partial charge is 0.430 e. The second-order valence-electron chi connectivity index (χ2n) is 8.69. The van der Waals surface area contributed by atoms with Gasteiger partial charge in [-0.15, -0.1) is 0 Å². The highest BCUT2D eigenvalue weighted by Crippen LogP contribution is 2.51. The van der Waals surface area contributed by atoms with Gasteiger partial charge < -0.3 is 20.9 Å². The second-order valence-corrected chi connectivity index (χ2v) is 10.8. The Bertz CT molecular complexity index is 1200. The number of ether oxygens (including phenoxy) is 1. The minimum atomic E-state index is -6.01. The monoisotopic (exact) mass is 555 g/mol. The van der Waals surface area contributed by atoms with Crippen molar-refractivity contribution in [1.82, 2.24) is 10.2 Å². The van der Waals surface area contributed by atoms with Gasteiger partial charge in [0.1, 0.15) is 0 Å². The van der Waals surface area contributed by atoms with E-state index in [1.807, 2.05) is 0 Å². The van der Waals surface area contributed by atoms with Crippen molar-refractivity contribution in [3.8, 4) is 0 Å². The summed E-state index contributed by atoms with van der Waals surface area (Å²) in [7, 11) is -0.650. The van der Waals surface area contributed by atoms with E-state index >= 15 is 0 Å². The number of fused-ring (bicyclic) bond motifs is 1. The van der Waals surface area contributed by atoms with E-state index in [1.54, 1.807) is 18.0 Å². The minimum Gasteiger partial charge on any atom is -0.384 e. The lowest BCUT2D eigenvalue weighted by molar-refractivity contribution is -0.376. The van der Waals surface area contributed by atoms with Gasteiger partial charge in [0.05, 0.1) is 22.8 Å². The SMILES string of the molecule is CNCN1Cc2cc(S(=O)(=O)CCOC)ccc2C1(CN)c1ccc(C(O)(C(F)(F)F)C(F)(F)F)cc1. The van der Waals surface area contributed by atoms with Crippen molar-refractivity contribution in [3.05, 3.63) is 64.7 Å². The van der Waals surface area contributed by atoms with Gasteiger partial charge in [0.25, 0.3) is 5.60 Å². The quantitative estimate of drug-likeness (QED) is 0.409. The molecule has 37 heavy (non-hydrogen) atoms. The number of nitrogens with two attached hydrogens (primary N) is 1. The lowest BCUT2D eigenvalue weighted by Crippen LogP contribution is -2.54. The van der Waals surface area contributed by atoms with Crippen LogP contribution in [0.3, 0.4) is 0 Å². The maximum atomic E-state index is 13.3. The third-order valence-corrected chi connectivity index (χ3v) is 8.26. The number of halogens is 6. The lowest BCUT2D eigenvalue weighted by atomic mass is 9.81. The molecule has 1 unspecified atom stereocenters. The standard InChI is InChI=1S/C23H27F6N3O4S/c1-31-14-32-12-15-11-18(37(34,35)10-9-36-2)7-8-19(15)20(32,13-30)16-3-5-17(6-4-16)21(33,22(24,25)26)23(27,28)29/h3-8,11,31,33H,9-10,12-14,30H2,1-2H3. The number of hydrogen-bond donors (Lipinski definition) is 3. The second kappa shape index (κ2) is 10.2. The number of alkyl halides is 6. The summed E-state index contributed by atoms with van der Waals surface area (Å²) < 4.78 is 110. The molecule has 2 aromatic rings. The Labute approximate surface area is 210 Å². The Morgan fingerprint density at radius 2 is 1.68 bits per heavy atom. The van der Waals surface area contributed by atoms with Crippen LogP contribution in [-0.2, 0) is 32.3 Å². The number of nitrogens with one attached hydrogen (secondary N) is 1. The predicted octanol–water partition coefficient (Wildman–Crippen LogP) is 2.61. The van der Waals surface area contributed by atoms with Crippen LogP contribution in [0.5, 0.6) is 0 Å². The predicted molar refractivity (Wildman–Crippen MR) is 122 cm³/mol. The Morgan fingerprint density at radius 1 is 1.08 bits per heavy atom. The van der Waals surface area contributed by atoms with Gasteiger partial charge in [-0.05, 0) is 35.9 Å². The van der Waals surface area contributed by atoms with E-state index in [9.17, 15) is 39.9 Å². The van der Waals surface area contributed by atoms with Crippen LogP contribution < -0.4 is 11.1 Å². The van der Waals surface area contributed by atoms with E-state index in [4.69, 9.17) is 10.5 Å². The summed E-state index contributed by atoms with van der Waals surface area (Å²) >= 11 is 0. The Hall–Kier alpha value is -2.23. The number of sulfone groups is 1. The van der Waals surface area contributed by atoms with E-state index in [2.05, 4.69) is 5.32 Å². The maximum absolute atomic E-state index is 13.3. The number of rotatable bonds is 9. The summed E-state index contributed by atoms with van der Waals surface area (Å²) in [4.78, 5) is 1.86. The molecule has 4 N–H and O–H groups in total. The molecular formula is C23H27F6N3O4S.